The lowest BCUT2D eigenvalue weighted by molar-refractivity contribution is -0.150. The van der Waals surface area contributed by atoms with E-state index in [1.54, 1.807) is 0 Å². The second-order valence-corrected chi connectivity index (χ2v) is 6.63. The van der Waals surface area contributed by atoms with Crippen LogP contribution in [0.1, 0.15) is 43.7 Å². The van der Waals surface area contributed by atoms with Crippen LogP contribution in [-0.2, 0) is 14.3 Å². The summed E-state index contributed by atoms with van der Waals surface area (Å²) in [5.41, 5.74) is 2.26. The highest BCUT2D eigenvalue weighted by Gasteiger charge is 2.23. The Bertz CT molecular complexity index is 585. The van der Waals surface area contributed by atoms with Gasteiger partial charge in [0.15, 0.2) is 13.2 Å². The zero-order valence-electron chi connectivity index (χ0n) is 14.8. The summed E-state index contributed by atoms with van der Waals surface area (Å²) in [7, 11) is 0. The number of hydrogen-bond donors (Lipinski definition) is 1. The van der Waals surface area contributed by atoms with Gasteiger partial charge in [0, 0.05) is 6.04 Å². The van der Waals surface area contributed by atoms with Crippen molar-refractivity contribution in [2.45, 2.75) is 52.5 Å². The van der Waals surface area contributed by atoms with Gasteiger partial charge in [0.05, 0.1) is 0 Å². The minimum atomic E-state index is -0.542. The molecule has 5 nitrogen and oxygen atoms in total. The molecule has 1 aromatic carbocycles. The fourth-order valence-electron chi connectivity index (χ4n) is 2.91. The first-order valence-corrected chi connectivity index (χ1v) is 8.60. The molecule has 132 valence electrons. The monoisotopic (exact) mass is 333 g/mol. The zero-order valence-corrected chi connectivity index (χ0v) is 14.8. The maximum Gasteiger partial charge on any atom is 0.344 e. The molecule has 1 fully saturated rings. The molecule has 1 N–H and O–H groups in total. The van der Waals surface area contributed by atoms with Crippen molar-refractivity contribution in [1.29, 1.82) is 0 Å². The normalized spacial score (nSPS) is 20.3. The molecule has 0 aliphatic heterocycles. The smallest absolute Gasteiger partial charge is 0.344 e. The van der Waals surface area contributed by atoms with Gasteiger partial charge in [0.25, 0.3) is 5.91 Å². The Morgan fingerprint density at radius 3 is 2.58 bits per heavy atom. The highest BCUT2D eigenvalue weighted by Crippen LogP contribution is 2.23. The lowest BCUT2D eigenvalue weighted by Crippen LogP contribution is -2.43. The quantitative estimate of drug-likeness (QED) is 0.813. The Kier molecular flexibility index (Phi) is 6.64. The fraction of sp³-hybridized carbons (Fsp3) is 0.579. The predicted molar refractivity (Wildman–Crippen MR) is 91.9 cm³/mol. The van der Waals surface area contributed by atoms with Crippen molar-refractivity contribution in [3.63, 3.8) is 0 Å². The largest absolute Gasteiger partial charge is 0.482 e. The standard InChI is InChI=1S/C19H27NO4/c1-13-8-9-16(10-15(13)3)23-12-19(22)24-11-18(21)20-17-7-5-4-6-14(17)2/h8-10,14,17H,4-7,11-12H2,1-3H3,(H,20,21)/t14-,17-/m0/s1. The molecule has 1 amide bonds. The lowest BCUT2D eigenvalue weighted by atomic mass is 9.86. The van der Waals surface area contributed by atoms with E-state index in [1.165, 1.54) is 12.0 Å². The van der Waals surface area contributed by atoms with E-state index >= 15 is 0 Å². The number of ether oxygens (including phenoxy) is 2. The Morgan fingerprint density at radius 1 is 1.12 bits per heavy atom. The first-order valence-electron chi connectivity index (χ1n) is 8.60. The van der Waals surface area contributed by atoms with Crippen LogP contribution in [0, 0.1) is 19.8 Å². The average molecular weight is 333 g/mol. The zero-order chi connectivity index (χ0) is 17.5. The lowest BCUT2D eigenvalue weighted by Gasteiger charge is -2.29. The Balaban J connectivity index is 1.68. The minimum Gasteiger partial charge on any atom is -0.482 e. The van der Waals surface area contributed by atoms with Crippen LogP contribution in [0.25, 0.3) is 0 Å². The summed E-state index contributed by atoms with van der Waals surface area (Å²) in [6, 6.07) is 5.82. The molecule has 1 aliphatic carbocycles. The van der Waals surface area contributed by atoms with Gasteiger partial charge >= 0.3 is 5.97 Å². The van der Waals surface area contributed by atoms with Crippen molar-refractivity contribution in [2.75, 3.05) is 13.2 Å². The minimum absolute atomic E-state index is 0.191. The van der Waals surface area contributed by atoms with Gasteiger partial charge in [-0.25, -0.2) is 4.79 Å². The summed E-state index contributed by atoms with van der Waals surface area (Å²) in [6.45, 7) is 5.69. The summed E-state index contributed by atoms with van der Waals surface area (Å²) >= 11 is 0. The van der Waals surface area contributed by atoms with Gasteiger partial charge in [-0.1, -0.05) is 25.8 Å². The SMILES string of the molecule is Cc1ccc(OCC(=O)OCC(=O)N[C@H]2CCCC[C@@H]2C)cc1C. The molecule has 5 heteroatoms. The Labute approximate surface area is 143 Å². The van der Waals surface area contributed by atoms with E-state index in [0.717, 1.165) is 24.8 Å². The number of hydrogen-bond acceptors (Lipinski definition) is 4. The van der Waals surface area contributed by atoms with Gasteiger partial charge in [-0.05, 0) is 55.9 Å². The Morgan fingerprint density at radius 2 is 1.88 bits per heavy atom. The van der Waals surface area contributed by atoms with Crippen molar-refractivity contribution in [3.8, 4) is 5.75 Å². The molecule has 0 heterocycles. The average Bonchev–Trinajstić information content (AvgIpc) is 2.56. The van der Waals surface area contributed by atoms with Crippen molar-refractivity contribution >= 4 is 11.9 Å². The molecule has 0 radical (unpaired) electrons. The van der Waals surface area contributed by atoms with Crippen LogP contribution in [0.15, 0.2) is 18.2 Å². The van der Waals surface area contributed by atoms with E-state index in [-0.39, 0.29) is 25.2 Å². The van der Waals surface area contributed by atoms with E-state index in [4.69, 9.17) is 9.47 Å². The predicted octanol–water partition coefficient (Wildman–Crippen LogP) is 2.92. The van der Waals surface area contributed by atoms with Crippen molar-refractivity contribution in [1.82, 2.24) is 5.32 Å². The molecule has 1 saturated carbocycles. The van der Waals surface area contributed by atoms with E-state index in [9.17, 15) is 9.59 Å². The van der Waals surface area contributed by atoms with Gasteiger partial charge in [-0.2, -0.15) is 0 Å². The molecule has 0 unspecified atom stereocenters. The molecule has 1 aliphatic rings. The first kappa shape index (κ1) is 18.3. The maximum absolute atomic E-state index is 11.9. The molecular weight excluding hydrogens is 306 g/mol. The van der Waals surface area contributed by atoms with E-state index in [0.29, 0.717) is 11.7 Å². The topological polar surface area (TPSA) is 64.6 Å². The summed E-state index contributed by atoms with van der Waals surface area (Å²) in [4.78, 5) is 23.6. The van der Waals surface area contributed by atoms with Crippen molar-refractivity contribution < 1.29 is 19.1 Å². The summed E-state index contributed by atoms with van der Waals surface area (Å²) < 4.78 is 10.4. The van der Waals surface area contributed by atoms with Crippen LogP contribution in [0.2, 0.25) is 0 Å². The van der Waals surface area contributed by atoms with E-state index < -0.39 is 5.97 Å². The second kappa shape index (κ2) is 8.71. The van der Waals surface area contributed by atoms with Crippen molar-refractivity contribution in [2.24, 2.45) is 5.92 Å². The molecule has 0 saturated heterocycles. The van der Waals surface area contributed by atoms with Crippen LogP contribution < -0.4 is 10.1 Å². The first-order chi connectivity index (χ1) is 11.5. The highest BCUT2D eigenvalue weighted by atomic mass is 16.6. The highest BCUT2D eigenvalue weighted by molar-refractivity contribution is 5.81. The Hall–Kier alpha value is -2.04. The third kappa shape index (κ3) is 5.55. The van der Waals surface area contributed by atoms with Gasteiger partial charge < -0.3 is 14.8 Å². The summed E-state index contributed by atoms with van der Waals surface area (Å²) in [6.07, 6.45) is 4.49. The second-order valence-electron chi connectivity index (χ2n) is 6.63. The van der Waals surface area contributed by atoms with E-state index in [2.05, 4.69) is 12.2 Å². The van der Waals surface area contributed by atoms with E-state index in [1.807, 2.05) is 32.0 Å². The number of rotatable bonds is 6. The van der Waals surface area contributed by atoms with Crippen LogP contribution in [-0.4, -0.2) is 31.1 Å². The fourth-order valence-corrected chi connectivity index (χ4v) is 2.91. The van der Waals surface area contributed by atoms with Crippen LogP contribution in [0.5, 0.6) is 5.75 Å². The molecule has 0 bridgehead atoms. The number of nitrogens with one attached hydrogen (secondary N) is 1. The third-order valence-electron chi connectivity index (χ3n) is 4.66. The van der Waals surface area contributed by atoms with Crippen LogP contribution in [0.4, 0.5) is 0 Å². The number of benzene rings is 1. The maximum atomic E-state index is 11.9. The number of esters is 1. The molecule has 0 aromatic heterocycles. The van der Waals surface area contributed by atoms with Crippen molar-refractivity contribution in [3.05, 3.63) is 29.3 Å². The van der Waals surface area contributed by atoms with Crippen LogP contribution in [0.3, 0.4) is 0 Å². The molecular formula is C19H27NO4. The van der Waals surface area contributed by atoms with Gasteiger partial charge in [0.1, 0.15) is 5.75 Å². The molecule has 0 spiro atoms. The van der Waals surface area contributed by atoms with Crippen LogP contribution >= 0.6 is 0 Å². The third-order valence-corrected chi connectivity index (χ3v) is 4.66. The molecule has 2 rings (SSSR count). The summed E-state index contributed by atoms with van der Waals surface area (Å²) in [5, 5.41) is 2.95. The van der Waals surface area contributed by atoms with Gasteiger partial charge in [-0.3, -0.25) is 4.79 Å². The number of amides is 1. The molecule has 24 heavy (non-hydrogen) atoms. The van der Waals surface area contributed by atoms with Gasteiger partial charge in [-0.15, -0.1) is 0 Å². The summed E-state index contributed by atoms with van der Waals surface area (Å²) in [5.74, 6) is 0.315. The number of aryl methyl sites for hydroxylation is 2. The number of carbonyl (C=O) groups excluding carboxylic acids is 2. The number of carbonyl (C=O) groups is 2. The molecule has 1 aromatic rings. The molecule has 2 atom stereocenters. The van der Waals surface area contributed by atoms with Gasteiger partial charge in [0.2, 0.25) is 0 Å².